The smallest absolute Gasteiger partial charge is 0.0787 e. The summed E-state index contributed by atoms with van der Waals surface area (Å²) in [4.78, 5) is 0. The molecule has 1 aliphatic heterocycles. The molecule has 0 spiro atoms. The number of hydrogen-bond donors (Lipinski definition) is 2. The lowest BCUT2D eigenvalue weighted by Gasteiger charge is -2.32. The Hall–Kier alpha value is -0.510. The third-order valence-electron chi connectivity index (χ3n) is 3.29. The monoisotopic (exact) mass is 251 g/mol. The Morgan fingerprint density at radius 1 is 1.35 bits per heavy atom. The average Bonchev–Trinajstić information content (AvgIpc) is 2.30. The van der Waals surface area contributed by atoms with Gasteiger partial charge in [-0.15, -0.1) is 0 Å². The predicted molar refractivity (Wildman–Crippen MR) is 74.4 cm³/mol. The van der Waals surface area contributed by atoms with E-state index in [4.69, 9.17) is 0 Å². The van der Waals surface area contributed by atoms with Gasteiger partial charge in [-0.25, -0.2) is 0 Å². The maximum Gasteiger partial charge on any atom is 0.0787 e. The highest BCUT2D eigenvalue weighted by Gasteiger charge is 2.28. The van der Waals surface area contributed by atoms with Gasteiger partial charge in [0.05, 0.1) is 5.60 Å². The fourth-order valence-corrected chi connectivity index (χ4v) is 3.44. The molecule has 1 fully saturated rings. The summed E-state index contributed by atoms with van der Waals surface area (Å²) in [6, 6.07) is 8.50. The van der Waals surface area contributed by atoms with Crippen LogP contribution < -0.4 is 5.32 Å². The molecule has 1 aromatic rings. The lowest BCUT2D eigenvalue weighted by atomic mass is 9.97. The molecular formula is C14H21NOS. The van der Waals surface area contributed by atoms with Gasteiger partial charge in [-0.3, -0.25) is 0 Å². The lowest BCUT2D eigenvalue weighted by molar-refractivity contribution is 0.0320. The molecule has 1 saturated heterocycles. The van der Waals surface area contributed by atoms with Crippen LogP contribution >= 0.6 is 11.8 Å². The van der Waals surface area contributed by atoms with E-state index in [-0.39, 0.29) is 0 Å². The maximum atomic E-state index is 10.3. The van der Waals surface area contributed by atoms with E-state index in [0.29, 0.717) is 6.54 Å². The molecule has 1 heterocycles. The topological polar surface area (TPSA) is 32.3 Å². The summed E-state index contributed by atoms with van der Waals surface area (Å²) in [6.45, 7) is 3.66. The Labute approximate surface area is 108 Å². The molecule has 0 aliphatic carbocycles. The fourth-order valence-electron chi connectivity index (χ4n) is 2.19. The second kappa shape index (κ2) is 5.89. The Morgan fingerprint density at radius 3 is 2.82 bits per heavy atom. The molecule has 0 bridgehead atoms. The first kappa shape index (κ1) is 12.9. The van der Waals surface area contributed by atoms with Crippen LogP contribution in [-0.4, -0.2) is 28.8 Å². The molecule has 1 aromatic carbocycles. The summed E-state index contributed by atoms with van der Waals surface area (Å²) in [5, 5.41) is 13.7. The second-order valence-corrected chi connectivity index (χ2v) is 6.15. The molecule has 17 heavy (non-hydrogen) atoms. The zero-order valence-corrected chi connectivity index (χ0v) is 11.2. The van der Waals surface area contributed by atoms with Gasteiger partial charge in [-0.1, -0.05) is 29.8 Å². The van der Waals surface area contributed by atoms with Crippen molar-refractivity contribution in [3.05, 3.63) is 35.4 Å². The molecule has 0 aromatic heterocycles. The van der Waals surface area contributed by atoms with Gasteiger partial charge < -0.3 is 10.4 Å². The van der Waals surface area contributed by atoms with Gasteiger partial charge in [0.15, 0.2) is 0 Å². The highest BCUT2D eigenvalue weighted by molar-refractivity contribution is 7.99. The van der Waals surface area contributed by atoms with Gasteiger partial charge in [0.1, 0.15) is 0 Å². The molecule has 1 aliphatic rings. The third kappa shape index (κ3) is 4.02. The maximum absolute atomic E-state index is 10.3. The van der Waals surface area contributed by atoms with Crippen molar-refractivity contribution < 1.29 is 5.11 Å². The normalized spacial score (nSPS) is 19.2. The van der Waals surface area contributed by atoms with Crippen LogP contribution in [0.25, 0.3) is 0 Å². The van der Waals surface area contributed by atoms with Crippen molar-refractivity contribution in [1.29, 1.82) is 0 Å². The molecule has 0 unspecified atom stereocenters. The van der Waals surface area contributed by atoms with Crippen molar-refractivity contribution in [1.82, 2.24) is 5.32 Å². The van der Waals surface area contributed by atoms with Crippen molar-refractivity contribution in [3.63, 3.8) is 0 Å². The largest absolute Gasteiger partial charge is 0.389 e. The first-order chi connectivity index (χ1) is 8.18. The minimum absolute atomic E-state index is 0.477. The molecule has 2 N–H and O–H groups in total. The van der Waals surface area contributed by atoms with Crippen molar-refractivity contribution in [3.8, 4) is 0 Å². The number of thioether (sulfide) groups is 1. The van der Waals surface area contributed by atoms with Crippen molar-refractivity contribution in [2.75, 3.05) is 18.1 Å². The number of aryl methyl sites for hydroxylation is 1. The minimum Gasteiger partial charge on any atom is -0.389 e. The van der Waals surface area contributed by atoms with Crippen molar-refractivity contribution >= 4 is 11.8 Å². The van der Waals surface area contributed by atoms with E-state index in [1.807, 2.05) is 11.8 Å². The third-order valence-corrected chi connectivity index (χ3v) is 4.27. The fraction of sp³-hybridized carbons (Fsp3) is 0.571. The summed E-state index contributed by atoms with van der Waals surface area (Å²) in [7, 11) is 0. The molecule has 2 rings (SSSR count). The first-order valence-electron chi connectivity index (χ1n) is 6.24. The molecule has 0 atom stereocenters. The van der Waals surface area contributed by atoms with Gasteiger partial charge >= 0.3 is 0 Å². The SMILES string of the molecule is Cc1cccc(CNCC2(O)CCSCC2)c1. The van der Waals surface area contributed by atoms with Crippen LogP contribution in [-0.2, 0) is 6.54 Å². The highest BCUT2D eigenvalue weighted by Crippen LogP contribution is 2.26. The molecule has 0 saturated carbocycles. The van der Waals surface area contributed by atoms with Crippen LogP contribution in [0.4, 0.5) is 0 Å². The number of aliphatic hydroxyl groups is 1. The summed E-state index contributed by atoms with van der Waals surface area (Å²) >= 11 is 1.94. The minimum atomic E-state index is -0.477. The molecule has 3 heteroatoms. The van der Waals surface area contributed by atoms with Gasteiger partial charge in [-0.05, 0) is 36.8 Å². The van der Waals surface area contributed by atoms with E-state index >= 15 is 0 Å². The van der Waals surface area contributed by atoms with Gasteiger partial charge in [0, 0.05) is 13.1 Å². The van der Waals surface area contributed by atoms with Crippen LogP contribution in [0.2, 0.25) is 0 Å². The number of hydrogen-bond acceptors (Lipinski definition) is 3. The van der Waals surface area contributed by atoms with E-state index in [1.54, 1.807) is 0 Å². The zero-order valence-electron chi connectivity index (χ0n) is 10.4. The van der Waals surface area contributed by atoms with Crippen LogP contribution in [0.3, 0.4) is 0 Å². The van der Waals surface area contributed by atoms with Gasteiger partial charge in [-0.2, -0.15) is 11.8 Å². The van der Waals surface area contributed by atoms with Gasteiger partial charge in [0.2, 0.25) is 0 Å². The Kier molecular flexibility index (Phi) is 4.48. The lowest BCUT2D eigenvalue weighted by Crippen LogP contribution is -2.43. The standard InChI is InChI=1S/C14H21NOS/c1-12-3-2-4-13(9-12)10-15-11-14(16)5-7-17-8-6-14/h2-4,9,15-16H,5-8,10-11H2,1H3. The highest BCUT2D eigenvalue weighted by atomic mass is 32.2. The zero-order chi connectivity index (χ0) is 12.1. The number of nitrogens with one attached hydrogen (secondary N) is 1. The number of benzene rings is 1. The van der Waals surface area contributed by atoms with Gasteiger partial charge in [0.25, 0.3) is 0 Å². The first-order valence-corrected chi connectivity index (χ1v) is 7.40. The average molecular weight is 251 g/mol. The van der Waals surface area contributed by atoms with E-state index in [0.717, 1.165) is 30.9 Å². The predicted octanol–water partition coefficient (Wildman–Crippen LogP) is 2.34. The Balaban J connectivity index is 1.79. The van der Waals surface area contributed by atoms with Crippen LogP contribution in [0.1, 0.15) is 24.0 Å². The van der Waals surface area contributed by atoms with Crippen LogP contribution in [0.5, 0.6) is 0 Å². The van der Waals surface area contributed by atoms with E-state index in [1.165, 1.54) is 11.1 Å². The Morgan fingerprint density at radius 2 is 2.12 bits per heavy atom. The van der Waals surface area contributed by atoms with Crippen LogP contribution in [0.15, 0.2) is 24.3 Å². The number of rotatable bonds is 4. The molecular weight excluding hydrogens is 230 g/mol. The van der Waals surface area contributed by atoms with E-state index in [2.05, 4.69) is 36.5 Å². The molecule has 2 nitrogen and oxygen atoms in total. The Bertz CT molecular complexity index is 361. The molecule has 0 amide bonds. The summed E-state index contributed by atoms with van der Waals surface area (Å²) in [5.74, 6) is 2.17. The second-order valence-electron chi connectivity index (χ2n) is 4.93. The van der Waals surface area contributed by atoms with E-state index < -0.39 is 5.60 Å². The quantitative estimate of drug-likeness (QED) is 0.861. The summed E-state index contributed by atoms with van der Waals surface area (Å²) in [6.07, 6.45) is 1.83. The summed E-state index contributed by atoms with van der Waals surface area (Å²) in [5.41, 5.74) is 2.10. The van der Waals surface area contributed by atoms with Crippen molar-refractivity contribution in [2.24, 2.45) is 0 Å². The molecule has 0 radical (unpaired) electrons. The van der Waals surface area contributed by atoms with E-state index in [9.17, 15) is 5.11 Å². The summed E-state index contributed by atoms with van der Waals surface area (Å²) < 4.78 is 0. The van der Waals surface area contributed by atoms with Crippen molar-refractivity contribution in [2.45, 2.75) is 31.9 Å². The molecule has 94 valence electrons. The van der Waals surface area contributed by atoms with Crippen LogP contribution in [0, 0.1) is 6.92 Å².